The molecule has 1 aromatic rings. The van der Waals surface area contributed by atoms with Crippen LogP contribution in [0.2, 0.25) is 0 Å². The number of fused-ring (bicyclic) bond motifs is 2. The van der Waals surface area contributed by atoms with Crippen molar-refractivity contribution in [3.05, 3.63) is 23.5 Å². The van der Waals surface area contributed by atoms with Gasteiger partial charge in [0.25, 0.3) is 5.91 Å². The van der Waals surface area contributed by atoms with E-state index in [2.05, 4.69) is 5.32 Å². The standard InChI is InChI=1S/C16H21FN2O3/c1-21-14-7-12(13(17)8-15(14)22-2)16(20)19-10-3-4-11(19)9-18-6-5-10/h7-8,10-11,18H,3-6,9H2,1-2H3. The summed E-state index contributed by atoms with van der Waals surface area (Å²) in [5.74, 6) is -0.168. The van der Waals surface area contributed by atoms with Gasteiger partial charge in [0, 0.05) is 24.7 Å². The van der Waals surface area contributed by atoms with E-state index in [1.165, 1.54) is 26.4 Å². The smallest absolute Gasteiger partial charge is 0.257 e. The Bertz CT molecular complexity index is 565. The summed E-state index contributed by atoms with van der Waals surface area (Å²) in [6.07, 6.45) is 2.88. The van der Waals surface area contributed by atoms with Crippen molar-refractivity contribution in [1.29, 1.82) is 0 Å². The maximum atomic E-state index is 14.3. The summed E-state index contributed by atoms with van der Waals surface area (Å²) in [4.78, 5) is 14.7. The van der Waals surface area contributed by atoms with E-state index in [0.717, 1.165) is 32.4 Å². The van der Waals surface area contributed by atoms with Crippen molar-refractivity contribution in [2.24, 2.45) is 0 Å². The Morgan fingerprint density at radius 2 is 1.86 bits per heavy atom. The lowest BCUT2D eigenvalue weighted by Crippen LogP contribution is -2.42. The molecule has 2 bridgehead atoms. The van der Waals surface area contributed by atoms with Crippen molar-refractivity contribution in [2.75, 3.05) is 27.3 Å². The number of amides is 1. The zero-order valence-electron chi connectivity index (χ0n) is 12.9. The van der Waals surface area contributed by atoms with Crippen LogP contribution in [0.4, 0.5) is 4.39 Å². The first-order valence-electron chi connectivity index (χ1n) is 7.60. The molecule has 1 aromatic carbocycles. The monoisotopic (exact) mass is 308 g/mol. The van der Waals surface area contributed by atoms with Crippen LogP contribution in [0.25, 0.3) is 0 Å². The largest absolute Gasteiger partial charge is 0.493 e. The molecule has 120 valence electrons. The molecule has 2 atom stereocenters. The number of rotatable bonds is 3. The number of ether oxygens (including phenoxy) is 2. The average molecular weight is 308 g/mol. The van der Waals surface area contributed by atoms with Gasteiger partial charge in [-0.2, -0.15) is 0 Å². The second kappa shape index (κ2) is 6.12. The Kier molecular flexibility index (Phi) is 4.20. The van der Waals surface area contributed by atoms with Gasteiger partial charge in [-0.25, -0.2) is 4.39 Å². The predicted molar refractivity (Wildman–Crippen MR) is 80.0 cm³/mol. The third kappa shape index (κ3) is 2.52. The van der Waals surface area contributed by atoms with Crippen LogP contribution >= 0.6 is 0 Å². The molecule has 5 nitrogen and oxygen atoms in total. The quantitative estimate of drug-likeness (QED) is 0.925. The highest BCUT2D eigenvalue weighted by Crippen LogP contribution is 2.34. The topological polar surface area (TPSA) is 50.8 Å². The summed E-state index contributed by atoms with van der Waals surface area (Å²) in [6.45, 7) is 1.68. The molecular formula is C16H21FN2O3. The fraction of sp³-hybridized carbons (Fsp3) is 0.562. The summed E-state index contributed by atoms with van der Waals surface area (Å²) in [6, 6.07) is 2.99. The van der Waals surface area contributed by atoms with Crippen molar-refractivity contribution >= 4 is 5.91 Å². The lowest BCUT2D eigenvalue weighted by atomic mass is 10.1. The Morgan fingerprint density at radius 3 is 2.59 bits per heavy atom. The molecule has 0 aromatic heterocycles. The van der Waals surface area contributed by atoms with Crippen molar-refractivity contribution in [1.82, 2.24) is 10.2 Å². The number of carbonyl (C=O) groups is 1. The first-order chi connectivity index (χ1) is 10.7. The predicted octanol–water partition coefficient (Wildman–Crippen LogP) is 1.81. The second-order valence-electron chi connectivity index (χ2n) is 5.78. The Labute approximate surface area is 129 Å². The number of benzene rings is 1. The van der Waals surface area contributed by atoms with Crippen LogP contribution in [0.3, 0.4) is 0 Å². The molecule has 2 saturated heterocycles. The van der Waals surface area contributed by atoms with E-state index < -0.39 is 5.82 Å². The van der Waals surface area contributed by atoms with Gasteiger partial charge < -0.3 is 19.7 Å². The molecule has 1 amide bonds. The van der Waals surface area contributed by atoms with Gasteiger partial charge in [0.2, 0.25) is 0 Å². The molecule has 0 aliphatic carbocycles. The highest BCUT2D eigenvalue weighted by molar-refractivity contribution is 5.96. The Hall–Kier alpha value is -1.82. The number of methoxy groups -OCH3 is 2. The lowest BCUT2D eigenvalue weighted by Gasteiger charge is -2.28. The van der Waals surface area contributed by atoms with Crippen LogP contribution in [0.15, 0.2) is 12.1 Å². The van der Waals surface area contributed by atoms with Crippen molar-refractivity contribution in [2.45, 2.75) is 31.3 Å². The van der Waals surface area contributed by atoms with E-state index in [9.17, 15) is 9.18 Å². The molecule has 2 unspecified atom stereocenters. The minimum atomic E-state index is -0.570. The second-order valence-corrected chi connectivity index (χ2v) is 5.78. The van der Waals surface area contributed by atoms with Crippen LogP contribution in [-0.2, 0) is 0 Å². The third-order valence-corrected chi connectivity index (χ3v) is 4.59. The Morgan fingerprint density at radius 1 is 1.18 bits per heavy atom. The SMILES string of the molecule is COc1cc(F)c(C(=O)N2C3CCNCC2CC3)cc1OC. The van der Waals surface area contributed by atoms with Crippen LogP contribution < -0.4 is 14.8 Å². The third-order valence-electron chi connectivity index (χ3n) is 4.59. The molecule has 2 fully saturated rings. The summed E-state index contributed by atoms with van der Waals surface area (Å²) in [7, 11) is 2.92. The maximum absolute atomic E-state index is 14.3. The molecule has 3 rings (SSSR count). The zero-order chi connectivity index (χ0) is 15.7. The molecule has 0 saturated carbocycles. The number of hydrogen-bond donors (Lipinski definition) is 1. The fourth-order valence-corrected chi connectivity index (χ4v) is 3.47. The van der Waals surface area contributed by atoms with Gasteiger partial charge in [-0.15, -0.1) is 0 Å². The Balaban J connectivity index is 1.95. The van der Waals surface area contributed by atoms with Crippen LogP contribution in [0.5, 0.6) is 11.5 Å². The van der Waals surface area contributed by atoms with Crippen LogP contribution in [-0.4, -0.2) is 50.2 Å². The average Bonchev–Trinajstić information content (AvgIpc) is 2.79. The molecule has 1 N–H and O–H groups in total. The molecule has 0 spiro atoms. The lowest BCUT2D eigenvalue weighted by molar-refractivity contribution is 0.0675. The van der Waals surface area contributed by atoms with Gasteiger partial charge in [0.05, 0.1) is 19.8 Å². The molecule has 2 heterocycles. The van der Waals surface area contributed by atoms with Crippen molar-refractivity contribution in [3.8, 4) is 11.5 Å². The van der Waals surface area contributed by atoms with E-state index in [1.54, 1.807) is 0 Å². The minimum Gasteiger partial charge on any atom is -0.493 e. The van der Waals surface area contributed by atoms with E-state index >= 15 is 0 Å². The summed E-state index contributed by atoms with van der Waals surface area (Å²) in [5, 5.41) is 3.34. The van der Waals surface area contributed by atoms with E-state index in [4.69, 9.17) is 9.47 Å². The van der Waals surface area contributed by atoms with E-state index in [0.29, 0.717) is 5.75 Å². The molecule has 2 aliphatic rings. The van der Waals surface area contributed by atoms with Crippen LogP contribution in [0, 0.1) is 5.82 Å². The first-order valence-corrected chi connectivity index (χ1v) is 7.60. The zero-order valence-corrected chi connectivity index (χ0v) is 12.9. The van der Waals surface area contributed by atoms with Gasteiger partial charge in [0.15, 0.2) is 11.5 Å². The maximum Gasteiger partial charge on any atom is 0.257 e. The van der Waals surface area contributed by atoms with Gasteiger partial charge >= 0.3 is 0 Å². The first kappa shape index (κ1) is 15.1. The number of nitrogens with zero attached hydrogens (tertiary/aromatic N) is 1. The number of halogens is 1. The normalized spacial score (nSPS) is 24.0. The number of hydrogen-bond acceptors (Lipinski definition) is 4. The van der Waals surface area contributed by atoms with Gasteiger partial charge in [-0.3, -0.25) is 4.79 Å². The highest BCUT2D eigenvalue weighted by atomic mass is 19.1. The number of nitrogens with one attached hydrogen (secondary N) is 1. The summed E-state index contributed by atoms with van der Waals surface area (Å²) < 4.78 is 24.6. The van der Waals surface area contributed by atoms with Gasteiger partial charge in [0.1, 0.15) is 5.82 Å². The number of carbonyl (C=O) groups excluding carboxylic acids is 1. The molecular weight excluding hydrogens is 287 g/mol. The summed E-state index contributed by atoms with van der Waals surface area (Å²) in [5.41, 5.74) is 0.0523. The van der Waals surface area contributed by atoms with Gasteiger partial charge in [-0.05, 0) is 31.9 Å². The van der Waals surface area contributed by atoms with Crippen molar-refractivity contribution in [3.63, 3.8) is 0 Å². The molecule has 22 heavy (non-hydrogen) atoms. The van der Waals surface area contributed by atoms with E-state index in [-0.39, 0.29) is 29.3 Å². The summed E-state index contributed by atoms with van der Waals surface area (Å²) >= 11 is 0. The minimum absolute atomic E-state index is 0.0523. The fourth-order valence-electron chi connectivity index (χ4n) is 3.47. The molecule has 6 heteroatoms. The van der Waals surface area contributed by atoms with Crippen molar-refractivity contribution < 1.29 is 18.7 Å². The van der Waals surface area contributed by atoms with Gasteiger partial charge in [-0.1, -0.05) is 0 Å². The molecule has 2 aliphatic heterocycles. The van der Waals surface area contributed by atoms with E-state index in [1.807, 2.05) is 4.90 Å². The highest BCUT2D eigenvalue weighted by Gasteiger charge is 2.39. The molecule has 0 radical (unpaired) electrons. The van der Waals surface area contributed by atoms with Crippen LogP contribution in [0.1, 0.15) is 29.6 Å².